The highest BCUT2D eigenvalue weighted by atomic mass is 32.1. The minimum Gasteiger partial charge on any atom is -0.361 e. The third-order valence-corrected chi connectivity index (χ3v) is 5.92. The van der Waals surface area contributed by atoms with Crippen LogP contribution in [0.3, 0.4) is 0 Å². The Morgan fingerprint density at radius 2 is 1.92 bits per heavy atom. The highest BCUT2D eigenvalue weighted by Crippen LogP contribution is 2.35. The summed E-state index contributed by atoms with van der Waals surface area (Å²) in [5.74, 6) is 1.72. The molecule has 0 aliphatic carbocycles. The van der Waals surface area contributed by atoms with Gasteiger partial charge in [0.15, 0.2) is 0 Å². The third kappa shape index (κ3) is 2.19. The normalized spacial score (nSPS) is 16.2. The number of H-pyrrole nitrogens is 1. The Hall–Kier alpha value is -2.40. The fourth-order valence-electron chi connectivity index (χ4n) is 3.86. The molecule has 1 fully saturated rings. The summed E-state index contributed by atoms with van der Waals surface area (Å²) in [5, 5.41) is 4.66. The lowest BCUT2D eigenvalue weighted by molar-refractivity contribution is 0.506. The van der Waals surface area contributed by atoms with E-state index in [9.17, 15) is 0 Å². The number of hydrogen-bond acceptors (Lipinski definition) is 4. The van der Waals surface area contributed by atoms with Crippen molar-refractivity contribution in [2.45, 2.75) is 18.8 Å². The van der Waals surface area contributed by atoms with Crippen LogP contribution >= 0.6 is 11.3 Å². The SMILES string of the molecule is c1ccc2c(C3CCN(c4ncnc5sccc45)CC3)c[nH]c2c1. The predicted molar refractivity (Wildman–Crippen MR) is 99.9 cm³/mol. The smallest absolute Gasteiger partial charge is 0.140 e. The van der Waals surface area contributed by atoms with Gasteiger partial charge in [0, 0.05) is 30.2 Å². The van der Waals surface area contributed by atoms with Crippen molar-refractivity contribution in [1.82, 2.24) is 15.0 Å². The van der Waals surface area contributed by atoms with Gasteiger partial charge in [-0.1, -0.05) is 18.2 Å². The molecular formula is C19H18N4S. The molecule has 0 bridgehead atoms. The second-order valence-electron chi connectivity index (χ2n) is 6.39. The summed E-state index contributed by atoms with van der Waals surface area (Å²) in [6.07, 6.45) is 6.22. The molecule has 0 radical (unpaired) electrons. The van der Waals surface area contributed by atoms with E-state index >= 15 is 0 Å². The Bertz CT molecular complexity index is 995. The van der Waals surface area contributed by atoms with Gasteiger partial charge in [-0.15, -0.1) is 11.3 Å². The number of piperidine rings is 1. The van der Waals surface area contributed by atoms with E-state index in [0.717, 1.165) is 36.6 Å². The minimum absolute atomic E-state index is 0.622. The number of nitrogens with zero attached hydrogens (tertiary/aromatic N) is 3. The summed E-state index contributed by atoms with van der Waals surface area (Å²) in [7, 11) is 0. The van der Waals surface area contributed by atoms with Crippen LogP contribution in [0.5, 0.6) is 0 Å². The van der Waals surface area contributed by atoms with Crippen molar-refractivity contribution in [1.29, 1.82) is 0 Å². The molecule has 1 aliphatic heterocycles. The van der Waals surface area contributed by atoms with E-state index in [1.54, 1.807) is 17.7 Å². The Morgan fingerprint density at radius 3 is 2.83 bits per heavy atom. The van der Waals surface area contributed by atoms with Crippen molar-refractivity contribution in [3.63, 3.8) is 0 Å². The Kier molecular flexibility index (Phi) is 3.26. The monoisotopic (exact) mass is 334 g/mol. The van der Waals surface area contributed by atoms with Crippen LogP contribution in [-0.4, -0.2) is 28.0 Å². The van der Waals surface area contributed by atoms with E-state index in [1.807, 2.05) is 0 Å². The van der Waals surface area contributed by atoms with Crippen molar-refractivity contribution >= 4 is 38.3 Å². The first-order valence-electron chi connectivity index (χ1n) is 8.39. The van der Waals surface area contributed by atoms with Gasteiger partial charge in [-0.05, 0) is 41.8 Å². The van der Waals surface area contributed by atoms with Gasteiger partial charge in [-0.25, -0.2) is 9.97 Å². The summed E-state index contributed by atoms with van der Waals surface area (Å²) in [4.78, 5) is 15.8. The lowest BCUT2D eigenvalue weighted by Gasteiger charge is -2.33. The van der Waals surface area contributed by atoms with Crippen LogP contribution in [0.1, 0.15) is 24.3 Å². The minimum atomic E-state index is 0.622. The maximum Gasteiger partial charge on any atom is 0.140 e. The average Bonchev–Trinajstić information content (AvgIpc) is 3.28. The fourth-order valence-corrected chi connectivity index (χ4v) is 4.59. The van der Waals surface area contributed by atoms with Gasteiger partial charge >= 0.3 is 0 Å². The van der Waals surface area contributed by atoms with Crippen LogP contribution < -0.4 is 4.90 Å². The van der Waals surface area contributed by atoms with E-state index in [2.05, 4.69) is 61.8 Å². The van der Waals surface area contributed by atoms with Gasteiger partial charge in [0.25, 0.3) is 0 Å². The zero-order valence-corrected chi connectivity index (χ0v) is 14.1. The first-order chi connectivity index (χ1) is 11.9. The largest absolute Gasteiger partial charge is 0.361 e. The molecule has 1 saturated heterocycles. The maximum absolute atomic E-state index is 4.56. The van der Waals surface area contributed by atoms with Crippen molar-refractivity contribution < 1.29 is 0 Å². The van der Waals surface area contributed by atoms with Crippen LogP contribution in [0.4, 0.5) is 5.82 Å². The number of fused-ring (bicyclic) bond motifs is 2. The molecule has 4 heterocycles. The molecule has 0 atom stereocenters. The van der Waals surface area contributed by atoms with E-state index in [1.165, 1.54) is 21.9 Å². The summed E-state index contributed by atoms with van der Waals surface area (Å²) >= 11 is 1.68. The molecular weight excluding hydrogens is 316 g/mol. The Morgan fingerprint density at radius 1 is 1.04 bits per heavy atom. The van der Waals surface area contributed by atoms with E-state index in [0.29, 0.717) is 5.92 Å². The maximum atomic E-state index is 4.56. The van der Waals surface area contributed by atoms with E-state index in [4.69, 9.17) is 0 Å². The lowest BCUT2D eigenvalue weighted by atomic mass is 9.89. The number of rotatable bonds is 2. The second-order valence-corrected chi connectivity index (χ2v) is 7.28. The first kappa shape index (κ1) is 14.0. The molecule has 4 nitrogen and oxygen atoms in total. The van der Waals surface area contributed by atoms with Crippen molar-refractivity contribution in [3.8, 4) is 0 Å². The molecule has 5 heteroatoms. The molecule has 5 rings (SSSR count). The van der Waals surface area contributed by atoms with Crippen molar-refractivity contribution in [2.24, 2.45) is 0 Å². The number of nitrogens with one attached hydrogen (secondary N) is 1. The summed E-state index contributed by atoms with van der Waals surface area (Å²) in [6.45, 7) is 2.10. The topological polar surface area (TPSA) is 44.8 Å². The predicted octanol–water partition coefficient (Wildman–Crippen LogP) is 4.56. The molecule has 1 N–H and O–H groups in total. The fraction of sp³-hybridized carbons (Fsp3) is 0.263. The second kappa shape index (κ2) is 5.60. The molecule has 24 heavy (non-hydrogen) atoms. The van der Waals surface area contributed by atoms with Gasteiger partial charge in [0.1, 0.15) is 17.0 Å². The average molecular weight is 334 g/mol. The molecule has 1 aromatic carbocycles. The highest BCUT2D eigenvalue weighted by molar-refractivity contribution is 7.16. The van der Waals surface area contributed by atoms with Gasteiger partial charge in [0.2, 0.25) is 0 Å². The van der Waals surface area contributed by atoms with E-state index < -0.39 is 0 Å². The number of benzene rings is 1. The molecule has 0 spiro atoms. The summed E-state index contributed by atoms with van der Waals surface area (Å²) in [5.41, 5.74) is 2.71. The first-order valence-corrected chi connectivity index (χ1v) is 9.27. The number of anilines is 1. The van der Waals surface area contributed by atoms with Gasteiger partial charge < -0.3 is 9.88 Å². The molecule has 1 aliphatic rings. The summed E-state index contributed by atoms with van der Waals surface area (Å²) in [6, 6.07) is 10.7. The highest BCUT2D eigenvalue weighted by Gasteiger charge is 2.24. The van der Waals surface area contributed by atoms with Crippen LogP contribution in [0, 0.1) is 0 Å². The number of para-hydroxylation sites is 1. The van der Waals surface area contributed by atoms with Gasteiger partial charge in [0.05, 0.1) is 5.39 Å². The quantitative estimate of drug-likeness (QED) is 0.584. The molecule has 0 amide bonds. The molecule has 0 unspecified atom stereocenters. The molecule has 3 aromatic heterocycles. The number of aromatic amines is 1. The molecule has 120 valence electrons. The lowest BCUT2D eigenvalue weighted by Crippen LogP contribution is -2.33. The molecule has 4 aromatic rings. The number of aromatic nitrogens is 3. The van der Waals surface area contributed by atoms with Gasteiger partial charge in [-0.2, -0.15) is 0 Å². The number of thiophene rings is 1. The van der Waals surface area contributed by atoms with Crippen LogP contribution in [0.25, 0.3) is 21.1 Å². The standard InChI is InChI=1S/C19H18N4S/c1-2-4-17-14(3-1)16(11-20-17)13-5-8-23(9-6-13)18-15-7-10-24-19(15)22-12-21-18/h1-4,7,10-13,20H,5-6,8-9H2. The number of hydrogen-bond donors (Lipinski definition) is 1. The summed E-state index contributed by atoms with van der Waals surface area (Å²) < 4.78 is 0. The van der Waals surface area contributed by atoms with Crippen LogP contribution in [0.15, 0.2) is 48.2 Å². The van der Waals surface area contributed by atoms with Crippen LogP contribution in [0.2, 0.25) is 0 Å². The van der Waals surface area contributed by atoms with E-state index in [-0.39, 0.29) is 0 Å². The van der Waals surface area contributed by atoms with Crippen molar-refractivity contribution in [3.05, 3.63) is 53.8 Å². The third-order valence-electron chi connectivity index (χ3n) is 5.10. The zero-order valence-electron chi connectivity index (χ0n) is 13.3. The van der Waals surface area contributed by atoms with Gasteiger partial charge in [-0.3, -0.25) is 0 Å². The Labute approximate surface area is 144 Å². The molecule has 0 saturated carbocycles. The Balaban J connectivity index is 1.40. The van der Waals surface area contributed by atoms with Crippen molar-refractivity contribution in [2.75, 3.05) is 18.0 Å². The zero-order chi connectivity index (χ0) is 15.9. The van der Waals surface area contributed by atoms with Crippen LogP contribution in [-0.2, 0) is 0 Å².